The molecule has 0 spiro atoms. The molecule has 0 atom stereocenters. The van der Waals surface area contributed by atoms with Crippen LogP contribution in [0, 0.1) is 0 Å². The molecular formula is C14H22N4O. The Kier molecular flexibility index (Phi) is 4.76. The molecule has 0 saturated carbocycles. The first-order valence-electron chi connectivity index (χ1n) is 6.79. The summed E-state index contributed by atoms with van der Waals surface area (Å²) in [6.45, 7) is 6.23. The van der Waals surface area contributed by atoms with Crippen molar-refractivity contribution in [1.82, 2.24) is 20.2 Å². The third-order valence-electron chi connectivity index (χ3n) is 3.28. The van der Waals surface area contributed by atoms with Gasteiger partial charge in [-0.3, -0.25) is 0 Å². The summed E-state index contributed by atoms with van der Waals surface area (Å²) in [6, 6.07) is 6.08. The molecule has 19 heavy (non-hydrogen) atoms. The lowest BCUT2D eigenvalue weighted by atomic mass is 10.1. The lowest BCUT2D eigenvalue weighted by molar-refractivity contribution is 0.337. The van der Waals surface area contributed by atoms with Crippen LogP contribution >= 0.6 is 0 Å². The summed E-state index contributed by atoms with van der Waals surface area (Å²) < 4.78 is 0. The molecule has 1 heterocycles. The van der Waals surface area contributed by atoms with Crippen LogP contribution in [-0.4, -0.2) is 48.1 Å². The third kappa shape index (κ3) is 3.94. The van der Waals surface area contributed by atoms with E-state index in [9.17, 15) is 4.79 Å². The second-order valence-corrected chi connectivity index (χ2v) is 4.87. The van der Waals surface area contributed by atoms with Crippen molar-refractivity contribution >= 4 is 11.0 Å². The van der Waals surface area contributed by atoms with E-state index in [2.05, 4.69) is 40.2 Å². The van der Waals surface area contributed by atoms with Crippen LogP contribution < -0.4 is 11.0 Å². The van der Waals surface area contributed by atoms with E-state index in [1.807, 2.05) is 12.1 Å². The van der Waals surface area contributed by atoms with E-state index < -0.39 is 0 Å². The van der Waals surface area contributed by atoms with Gasteiger partial charge in [0, 0.05) is 19.6 Å². The fourth-order valence-electron chi connectivity index (χ4n) is 2.11. The molecule has 0 aliphatic rings. The smallest absolute Gasteiger partial charge is 0.316 e. The SMILES string of the molecule is CCNCCN(C)CCc1ccc2[nH]c(=O)[nH]c2c1. The molecule has 0 saturated heterocycles. The van der Waals surface area contributed by atoms with Crippen LogP contribution in [0.1, 0.15) is 12.5 Å². The van der Waals surface area contributed by atoms with Crippen LogP contribution in [0.3, 0.4) is 0 Å². The van der Waals surface area contributed by atoms with E-state index in [0.717, 1.165) is 43.6 Å². The Morgan fingerprint density at radius 3 is 2.79 bits per heavy atom. The highest BCUT2D eigenvalue weighted by molar-refractivity contribution is 5.74. The maximum Gasteiger partial charge on any atom is 0.323 e. The molecule has 0 aliphatic heterocycles. The predicted octanol–water partition coefficient (Wildman–Crippen LogP) is 0.940. The van der Waals surface area contributed by atoms with Crippen LogP contribution in [-0.2, 0) is 6.42 Å². The molecule has 5 heteroatoms. The van der Waals surface area contributed by atoms with Crippen molar-refractivity contribution in [3.05, 3.63) is 34.2 Å². The zero-order valence-corrected chi connectivity index (χ0v) is 11.6. The summed E-state index contributed by atoms with van der Waals surface area (Å²) in [7, 11) is 2.13. The highest BCUT2D eigenvalue weighted by Gasteiger charge is 2.02. The van der Waals surface area contributed by atoms with Crippen molar-refractivity contribution in [3.8, 4) is 0 Å². The number of hydrogen-bond acceptors (Lipinski definition) is 3. The standard InChI is InChI=1S/C14H22N4O/c1-3-15-7-9-18(2)8-6-11-4-5-12-13(10-11)17-14(19)16-12/h4-5,10,15H,3,6-9H2,1-2H3,(H2,16,17,19). The van der Waals surface area contributed by atoms with Gasteiger partial charge in [0.15, 0.2) is 0 Å². The zero-order valence-electron chi connectivity index (χ0n) is 11.6. The summed E-state index contributed by atoms with van der Waals surface area (Å²) in [5.41, 5.74) is 2.86. The van der Waals surface area contributed by atoms with Crippen LogP contribution in [0.5, 0.6) is 0 Å². The van der Waals surface area contributed by atoms with Gasteiger partial charge >= 0.3 is 5.69 Å². The minimum absolute atomic E-state index is 0.144. The molecule has 0 fully saturated rings. The van der Waals surface area contributed by atoms with Crippen LogP contribution in [0.2, 0.25) is 0 Å². The number of rotatable bonds is 7. The Bertz CT molecular complexity index is 572. The Labute approximate surface area is 113 Å². The summed E-state index contributed by atoms with van der Waals surface area (Å²) in [5, 5.41) is 3.32. The first-order chi connectivity index (χ1) is 9.19. The van der Waals surface area contributed by atoms with Gasteiger partial charge in [0.05, 0.1) is 11.0 Å². The van der Waals surface area contributed by atoms with E-state index >= 15 is 0 Å². The Morgan fingerprint density at radius 2 is 2.00 bits per heavy atom. The normalized spacial score (nSPS) is 11.5. The highest BCUT2D eigenvalue weighted by Crippen LogP contribution is 2.10. The highest BCUT2D eigenvalue weighted by atomic mass is 16.1. The number of nitrogens with one attached hydrogen (secondary N) is 3. The second-order valence-electron chi connectivity index (χ2n) is 4.87. The topological polar surface area (TPSA) is 63.9 Å². The molecule has 2 aromatic rings. The number of fused-ring (bicyclic) bond motifs is 1. The number of hydrogen-bond donors (Lipinski definition) is 3. The Balaban J connectivity index is 1.88. The van der Waals surface area contributed by atoms with E-state index in [-0.39, 0.29) is 5.69 Å². The largest absolute Gasteiger partial charge is 0.323 e. The fraction of sp³-hybridized carbons (Fsp3) is 0.500. The minimum atomic E-state index is -0.144. The molecule has 2 rings (SSSR count). The number of nitrogens with zero attached hydrogens (tertiary/aromatic N) is 1. The molecule has 5 nitrogen and oxygen atoms in total. The summed E-state index contributed by atoms with van der Waals surface area (Å²) in [5.74, 6) is 0. The van der Waals surface area contributed by atoms with E-state index in [1.165, 1.54) is 5.56 Å². The number of benzene rings is 1. The van der Waals surface area contributed by atoms with Crippen LogP contribution in [0.15, 0.2) is 23.0 Å². The molecule has 104 valence electrons. The molecule has 0 unspecified atom stereocenters. The van der Waals surface area contributed by atoms with Gasteiger partial charge in [0.1, 0.15) is 0 Å². The second kappa shape index (κ2) is 6.54. The molecule has 3 N–H and O–H groups in total. The van der Waals surface area contributed by atoms with E-state index in [1.54, 1.807) is 0 Å². The van der Waals surface area contributed by atoms with Gasteiger partial charge in [-0.1, -0.05) is 13.0 Å². The predicted molar refractivity (Wildman–Crippen MR) is 78.7 cm³/mol. The summed E-state index contributed by atoms with van der Waals surface area (Å²) >= 11 is 0. The number of imidazole rings is 1. The van der Waals surface area contributed by atoms with Gasteiger partial charge in [-0.15, -0.1) is 0 Å². The Morgan fingerprint density at radius 1 is 1.21 bits per heavy atom. The average molecular weight is 262 g/mol. The van der Waals surface area contributed by atoms with Gasteiger partial charge in [0.25, 0.3) is 0 Å². The van der Waals surface area contributed by atoms with Crippen molar-refractivity contribution in [2.24, 2.45) is 0 Å². The maximum absolute atomic E-state index is 11.2. The van der Waals surface area contributed by atoms with Crippen LogP contribution in [0.4, 0.5) is 0 Å². The minimum Gasteiger partial charge on any atom is -0.316 e. The van der Waals surface area contributed by atoms with E-state index in [4.69, 9.17) is 0 Å². The van der Waals surface area contributed by atoms with Crippen molar-refractivity contribution in [1.29, 1.82) is 0 Å². The quantitative estimate of drug-likeness (QED) is 0.651. The maximum atomic E-state index is 11.2. The first-order valence-corrected chi connectivity index (χ1v) is 6.79. The van der Waals surface area contributed by atoms with Gasteiger partial charge < -0.3 is 20.2 Å². The number of aromatic nitrogens is 2. The third-order valence-corrected chi connectivity index (χ3v) is 3.28. The molecule has 1 aromatic carbocycles. The van der Waals surface area contributed by atoms with Crippen molar-refractivity contribution < 1.29 is 0 Å². The van der Waals surface area contributed by atoms with Crippen molar-refractivity contribution in [2.45, 2.75) is 13.3 Å². The van der Waals surface area contributed by atoms with Crippen molar-refractivity contribution in [2.75, 3.05) is 33.2 Å². The molecule has 1 aromatic heterocycles. The van der Waals surface area contributed by atoms with Gasteiger partial charge in [-0.2, -0.15) is 0 Å². The van der Waals surface area contributed by atoms with Gasteiger partial charge in [0.2, 0.25) is 0 Å². The first kappa shape index (κ1) is 13.8. The van der Waals surface area contributed by atoms with E-state index in [0.29, 0.717) is 0 Å². The molecular weight excluding hydrogens is 240 g/mol. The average Bonchev–Trinajstić information content (AvgIpc) is 2.76. The number of aromatic amines is 2. The van der Waals surface area contributed by atoms with Crippen LogP contribution in [0.25, 0.3) is 11.0 Å². The summed E-state index contributed by atoms with van der Waals surface area (Å²) in [6.07, 6.45) is 0.992. The fourth-order valence-corrected chi connectivity index (χ4v) is 2.11. The monoisotopic (exact) mass is 262 g/mol. The molecule has 0 amide bonds. The van der Waals surface area contributed by atoms with Gasteiger partial charge in [-0.05, 0) is 37.7 Å². The zero-order chi connectivity index (χ0) is 13.7. The number of likely N-dealkylation sites (N-methyl/N-ethyl adjacent to an activating group) is 2. The Hall–Kier alpha value is -1.59. The molecule has 0 bridgehead atoms. The molecule has 0 radical (unpaired) electrons. The van der Waals surface area contributed by atoms with Gasteiger partial charge in [-0.25, -0.2) is 4.79 Å². The van der Waals surface area contributed by atoms with Crippen molar-refractivity contribution in [3.63, 3.8) is 0 Å². The number of H-pyrrole nitrogens is 2. The molecule has 0 aliphatic carbocycles. The summed E-state index contributed by atoms with van der Waals surface area (Å²) in [4.78, 5) is 19.0. The lowest BCUT2D eigenvalue weighted by Crippen LogP contribution is -2.30. The lowest BCUT2D eigenvalue weighted by Gasteiger charge is -2.16.